The van der Waals surface area contributed by atoms with E-state index in [-0.39, 0.29) is 16.8 Å². The van der Waals surface area contributed by atoms with Crippen molar-refractivity contribution < 1.29 is 8.42 Å². The van der Waals surface area contributed by atoms with E-state index in [0.29, 0.717) is 12.2 Å². The summed E-state index contributed by atoms with van der Waals surface area (Å²) in [5.41, 5.74) is 6.25. The summed E-state index contributed by atoms with van der Waals surface area (Å²) in [5.74, 6) is 0.0385. The number of anilines is 1. The summed E-state index contributed by atoms with van der Waals surface area (Å²) in [6.45, 7) is 4.81. The first-order valence-electron chi connectivity index (χ1n) is 6.90. The fourth-order valence-electron chi connectivity index (χ4n) is 2.55. The Kier molecular flexibility index (Phi) is 4.57. The zero-order valence-electron chi connectivity index (χ0n) is 13.0. The molecule has 3 N–H and O–H groups in total. The van der Waals surface area contributed by atoms with Gasteiger partial charge in [0.15, 0.2) is 5.82 Å². The molecule has 1 aliphatic heterocycles. The topological polar surface area (TPSA) is 96.5 Å². The van der Waals surface area contributed by atoms with Crippen molar-refractivity contribution >= 4 is 15.8 Å². The predicted molar refractivity (Wildman–Crippen MR) is 81.5 cm³/mol. The molecule has 1 unspecified atom stereocenters. The van der Waals surface area contributed by atoms with Gasteiger partial charge < -0.3 is 10.6 Å². The zero-order valence-corrected chi connectivity index (χ0v) is 13.8. The molecule has 0 amide bonds. The molecule has 0 spiro atoms. The maximum absolute atomic E-state index is 12.4. The summed E-state index contributed by atoms with van der Waals surface area (Å²) < 4.78 is 29.0. The monoisotopic (exact) mass is 316 g/mol. The Labute approximate surface area is 125 Å². The highest BCUT2D eigenvalue weighted by Crippen LogP contribution is 2.21. The van der Waals surface area contributed by atoms with Crippen LogP contribution in [0, 0.1) is 6.92 Å². The summed E-state index contributed by atoms with van der Waals surface area (Å²) in [6.07, 6.45) is 0. The van der Waals surface area contributed by atoms with Crippen LogP contribution in [0.5, 0.6) is 0 Å². The van der Waals surface area contributed by atoms with Crippen molar-refractivity contribution in [1.82, 2.24) is 24.3 Å². The van der Waals surface area contributed by atoms with E-state index in [0.717, 1.165) is 19.6 Å². The molecule has 1 aliphatic rings. The largest absolute Gasteiger partial charge is 0.381 e. The van der Waals surface area contributed by atoms with Crippen LogP contribution in [0.15, 0.2) is 4.90 Å². The third kappa shape index (κ3) is 3.37. The molecule has 1 saturated heterocycles. The van der Waals surface area contributed by atoms with Gasteiger partial charge >= 0.3 is 0 Å². The first-order valence-corrected chi connectivity index (χ1v) is 8.38. The predicted octanol–water partition coefficient (Wildman–Crippen LogP) is -1.17. The van der Waals surface area contributed by atoms with Crippen molar-refractivity contribution in [2.75, 3.05) is 46.0 Å². The van der Waals surface area contributed by atoms with Gasteiger partial charge in [0.2, 0.25) is 10.0 Å². The SMILES string of the molecule is Cc1c(S(=O)(=O)NCC2CN(C)CCN2C)c(N)nn1C. The Bertz CT molecular complexity index is 612. The van der Waals surface area contributed by atoms with Crippen molar-refractivity contribution in [3.05, 3.63) is 5.69 Å². The molecule has 2 heterocycles. The van der Waals surface area contributed by atoms with E-state index in [1.165, 1.54) is 4.68 Å². The lowest BCUT2D eigenvalue weighted by atomic mass is 10.2. The third-order valence-corrected chi connectivity index (χ3v) is 5.65. The molecule has 0 radical (unpaired) electrons. The van der Waals surface area contributed by atoms with Gasteiger partial charge in [-0.3, -0.25) is 9.58 Å². The molecule has 1 aromatic rings. The van der Waals surface area contributed by atoms with Crippen LogP contribution in [-0.4, -0.2) is 74.3 Å². The summed E-state index contributed by atoms with van der Waals surface area (Å²) in [6, 6.07) is 0.150. The van der Waals surface area contributed by atoms with Crippen molar-refractivity contribution in [1.29, 1.82) is 0 Å². The van der Waals surface area contributed by atoms with Crippen LogP contribution in [0.25, 0.3) is 0 Å². The first-order chi connectivity index (χ1) is 9.72. The van der Waals surface area contributed by atoms with E-state index >= 15 is 0 Å². The number of aryl methyl sites for hydroxylation is 1. The van der Waals surface area contributed by atoms with Gasteiger partial charge in [-0.25, -0.2) is 13.1 Å². The number of hydrogen-bond acceptors (Lipinski definition) is 6. The maximum Gasteiger partial charge on any atom is 0.246 e. The molecule has 9 heteroatoms. The fraction of sp³-hybridized carbons (Fsp3) is 0.750. The number of nitrogen functional groups attached to an aromatic ring is 1. The minimum atomic E-state index is -3.64. The Balaban J connectivity index is 2.11. The molecule has 120 valence electrons. The minimum absolute atomic E-state index is 0.0385. The van der Waals surface area contributed by atoms with Crippen LogP contribution in [0.2, 0.25) is 0 Å². The number of nitrogens with two attached hydrogens (primary N) is 1. The highest BCUT2D eigenvalue weighted by Gasteiger charge is 2.28. The number of rotatable bonds is 4. The maximum atomic E-state index is 12.4. The van der Waals surface area contributed by atoms with Crippen molar-refractivity contribution in [3.8, 4) is 0 Å². The summed E-state index contributed by atoms with van der Waals surface area (Å²) in [7, 11) is 2.08. The zero-order chi connectivity index (χ0) is 15.8. The van der Waals surface area contributed by atoms with Gasteiger partial charge in [-0.2, -0.15) is 5.10 Å². The lowest BCUT2D eigenvalue weighted by Gasteiger charge is -2.37. The van der Waals surface area contributed by atoms with Gasteiger partial charge in [0.1, 0.15) is 4.90 Å². The van der Waals surface area contributed by atoms with E-state index < -0.39 is 10.0 Å². The van der Waals surface area contributed by atoms with Crippen molar-refractivity contribution in [2.45, 2.75) is 17.9 Å². The standard InChI is InChI=1S/C12H24N6O2S/c1-9-11(12(13)15-18(9)4)21(19,20)14-7-10-8-16(2)5-6-17(10)3/h10,14H,5-8H2,1-4H3,(H2,13,15). The number of sulfonamides is 1. The molecular formula is C12H24N6O2S. The molecule has 1 aromatic heterocycles. The average molecular weight is 316 g/mol. The molecular weight excluding hydrogens is 292 g/mol. The Morgan fingerprint density at radius 3 is 2.57 bits per heavy atom. The lowest BCUT2D eigenvalue weighted by Crippen LogP contribution is -2.54. The van der Waals surface area contributed by atoms with Crippen LogP contribution in [-0.2, 0) is 17.1 Å². The van der Waals surface area contributed by atoms with Gasteiger partial charge in [0.05, 0.1) is 5.69 Å². The number of aromatic nitrogens is 2. The van der Waals surface area contributed by atoms with Crippen molar-refractivity contribution in [2.24, 2.45) is 7.05 Å². The molecule has 21 heavy (non-hydrogen) atoms. The molecule has 2 rings (SSSR count). The van der Waals surface area contributed by atoms with Crippen LogP contribution in [0.4, 0.5) is 5.82 Å². The van der Waals surface area contributed by atoms with Gasteiger partial charge in [-0.15, -0.1) is 0 Å². The van der Waals surface area contributed by atoms with Crippen LogP contribution >= 0.6 is 0 Å². The lowest BCUT2D eigenvalue weighted by molar-refractivity contribution is 0.117. The molecule has 0 aromatic carbocycles. The number of likely N-dealkylation sites (N-methyl/N-ethyl adjacent to an activating group) is 2. The molecule has 8 nitrogen and oxygen atoms in total. The number of hydrogen-bond donors (Lipinski definition) is 2. The van der Waals surface area contributed by atoms with E-state index in [1.807, 2.05) is 14.1 Å². The van der Waals surface area contributed by atoms with E-state index in [2.05, 4.69) is 19.6 Å². The second-order valence-electron chi connectivity index (χ2n) is 5.67. The first kappa shape index (κ1) is 16.2. The highest BCUT2D eigenvalue weighted by molar-refractivity contribution is 7.89. The smallest absolute Gasteiger partial charge is 0.246 e. The molecule has 1 atom stereocenters. The quantitative estimate of drug-likeness (QED) is 0.727. The summed E-state index contributed by atoms with van der Waals surface area (Å²) >= 11 is 0. The number of piperazine rings is 1. The fourth-order valence-corrected chi connectivity index (χ4v) is 3.94. The van der Waals surface area contributed by atoms with Crippen LogP contribution in [0.1, 0.15) is 5.69 Å². The molecule has 0 saturated carbocycles. The average Bonchev–Trinajstić information content (AvgIpc) is 2.65. The third-order valence-electron chi connectivity index (χ3n) is 4.06. The summed E-state index contributed by atoms with van der Waals surface area (Å²) in [5, 5.41) is 3.96. The van der Waals surface area contributed by atoms with E-state index in [9.17, 15) is 8.42 Å². The summed E-state index contributed by atoms with van der Waals surface area (Å²) in [4.78, 5) is 4.45. The van der Waals surface area contributed by atoms with E-state index in [1.54, 1.807) is 14.0 Å². The highest BCUT2D eigenvalue weighted by atomic mass is 32.2. The normalized spacial score (nSPS) is 21.8. The van der Waals surface area contributed by atoms with Crippen molar-refractivity contribution in [3.63, 3.8) is 0 Å². The Morgan fingerprint density at radius 1 is 1.33 bits per heavy atom. The Hall–Kier alpha value is -1.16. The van der Waals surface area contributed by atoms with Gasteiger partial charge in [0.25, 0.3) is 0 Å². The van der Waals surface area contributed by atoms with Gasteiger partial charge in [-0.05, 0) is 21.0 Å². The van der Waals surface area contributed by atoms with Gasteiger partial charge in [-0.1, -0.05) is 0 Å². The van der Waals surface area contributed by atoms with Crippen LogP contribution in [0.3, 0.4) is 0 Å². The van der Waals surface area contributed by atoms with Gasteiger partial charge in [0, 0.05) is 39.3 Å². The second kappa shape index (κ2) is 5.91. The van der Waals surface area contributed by atoms with Crippen LogP contribution < -0.4 is 10.5 Å². The Morgan fingerprint density at radius 2 is 2.00 bits per heavy atom. The number of nitrogens with zero attached hydrogens (tertiary/aromatic N) is 4. The second-order valence-corrected chi connectivity index (χ2v) is 7.38. The number of nitrogens with one attached hydrogen (secondary N) is 1. The minimum Gasteiger partial charge on any atom is -0.381 e. The van der Waals surface area contributed by atoms with E-state index in [4.69, 9.17) is 5.73 Å². The molecule has 1 fully saturated rings. The molecule has 0 bridgehead atoms. The molecule has 0 aliphatic carbocycles.